The van der Waals surface area contributed by atoms with Crippen LogP contribution in [0.15, 0.2) is 82.8 Å². The maximum atomic E-state index is 13.1. The first-order valence-electron chi connectivity index (χ1n) is 10.3. The number of non-ortho nitro benzene ring substituents is 1. The van der Waals surface area contributed by atoms with Gasteiger partial charge in [-0.2, -0.15) is 10.1 Å². The van der Waals surface area contributed by atoms with Gasteiger partial charge in [0.1, 0.15) is 5.75 Å². The molecule has 0 N–H and O–H groups in total. The van der Waals surface area contributed by atoms with Crippen molar-refractivity contribution in [2.75, 3.05) is 17.9 Å². The zero-order chi connectivity index (χ0) is 23.9. The van der Waals surface area contributed by atoms with E-state index in [0.29, 0.717) is 22.2 Å². The van der Waals surface area contributed by atoms with Crippen LogP contribution in [0.4, 0.5) is 10.8 Å². The molecule has 1 heterocycles. The molecule has 0 unspecified atom stereocenters. The van der Waals surface area contributed by atoms with Crippen LogP contribution in [0, 0.1) is 10.1 Å². The molecule has 0 aliphatic rings. The van der Waals surface area contributed by atoms with Gasteiger partial charge in [-0.3, -0.25) is 14.9 Å². The van der Waals surface area contributed by atoms with Crippen molar-refractivity contribution < 1.29 is 14.5 Å². The van der Waals surface area contributed by atoms with E-state index < -0.39 is 4.92 Å². The second kappa shape index (κ2) is 10.9. The third-order valence-electron chi connectivity index (χ3n) is 4.76. The number of methoxy groups -OCH3 is 1. The lowest BCUT2D eigenvalue weighted by molar-refractivity contribution is -0.384. The number of ether oxygens (including phenoxy) is 1. The Morgan fingerprint density at radius 2 is 1.94 bits per heavy atom. The number of thiazole rings is 1. The molecule has 10 heteroatoms. The molecule has 4 aromatic rings. The van der Waals surface area contributed by atoms with E-state index in [1.54, 1.807) is 31.0 Å². The van der Waals surface area contributed by atoms with E-state index in [2.05, 4.69) is 10.1 Å². The SMILES string of the molecule is COc1ccc2nc(N(/N=C/c3ccc([N+](=O)[O-])cc3)C(=O)CCSc3ccccc3)sc2c1. The van der Waals surface area contributed by atoms with Crippen molar-refractivity contribution in [2.45, 2.75) is 11.3 Å². The van der Waals surface area contributed by atoms with Gasteiger partial charge >= 0.3 is 0 Å². The van der Waals surface area contributed by atoms with E-state index in [4.69, 9.17) is 4.74 Å². The topological polar surface area (TPSA) is 97.9 Å². The largest absolute Gasteiger partial charge is 0.497 e. The molecule has 0 spiro atoms. The summed E-state index contributed by atoms with van der Waals surface area (Å²) >= 11 is 2.93. The Hall–Kier alpha value is -3.76. The van der Waals surface area contributed by atoms with Crippen LogP contribution in [-0.4, -0.2) is 34.9 Å². The summed E-state index contributed by atoms with van der Waals surface area (Å²) in [6, 6.07) is 21.3. The minimum absolute atomic E-state index is 0.0110. The summed E-state index contributed by atoms with van der Waals surface area (Å²) in [7, 11) is 1.60. The van der Waals surface area contributed by atoms with E-state index in [1.165, 1.54) is 34.7 Å². The number of carbonyl (C=O) groups is 1. The number of aromatic nitrogens is 1. The Balaban J connectivity index is 1.57. The summed E-state index contributed by atoms with van der Waals surface area (Å²) in [6.07, 6.45) is 1.76. The first-order chi connectivity index (χ1) is 16.5. The highest BCUT2D eigenvalue weighted by Crippen LogP contribution is 2.32. The summed E-state index contributed by atoms with van der Waals surface area (Å²) in [6.45, 7) is 0. The van der Waals surface area contributed by atoms with Crippen molar-refractivity contribution in [1.82, 2.24) is 4.98 Å². The highest BCUT2D eigenvalue weighted by Gasteiger charge is 2.19. The normalized spacial score (nSPS) is 11.1. The second-order valence-electron chi connectivity index (χ2n) is 7.04. The maximum absolute atomic E-state index is 13.1. The van der Waals surface area contributed by atoms with Crippen LogP contribution in [0.3, 0.4) is 0 Å². The summed E-state index contributed by atoms with van der Waals surface area (Å²) in [5.74, 6) is 1.09. The Morgan fingerprint density at radius 1 is 1.18 bits per heavy atom. The zero-order valence-electron chi connectivity index (χ0n) is 18.2. The molecule has 0 saturated heterocycles. The number of hydrazone groups is 1. The van der Waals surface area contributed by atoms with Gasteiger partial charge in [-0.05, 0) is 48.0 Å². The lowest BCUT2D eigenvalue weighted by Crippen LogP contribution is -2.25. The first kappa shape index (κ1) is 23.4. The molecule has 0 saturated carbocycles. The number of hydrogen-bond acceptors (Lipinski definition) is 8. The third-order valence-corrected chi connectivity index (χ3v) is 6.76. The molecular formula is C24H20N4O4S2. The zero-order valence-corrected chi connectivity index (χ0v) is 19.8. The van der Waals surface area contributed by atoms with Crippen molar-refractivity contribution in [1.29, 1.82) is 0 Å². The molecule has 0 radical (unpaired) electrons. The van der Waals surface area contributed by atoms with Gasteiger partial charge in [0.2, 0.25) is 11.0 Å². The van der Waals surface area contributed by atoms with Gasteiger partial charge in [-0.15, -0.1) is 11.8 Å². The Kier molecular flexibility index (Phi) is 7.51. The fourth-order valence-corrected chi connectivity index (χ4v) is 4.85. The van der Waals surface area contributed by atoms with Crippen molar-refractivity contribution in [3.63, 3.8) is 0 Å². The molecule has 0 fully saturated rings. The standard InChI is InChI=1S/C24H20N4O4S2/c1-32-19-11-12-21-22(15-19)34-24(26-21)27(23(29)13-14-33-20-5-3-2-4-6-20)25-16-17-7-9-18(10-8-17)28(30)31/h2-12,15-16H,13-14H2,1H3/b25-16+. The molecule has 172 valence electrons. The van der Waals surface area contributed by atoms with Crippen LogP contribution in [-0.2, 0) is 4.79 Å². The van der Waals surface area contributed by atoms with Gasteiger partial charge in [0.15, 0.2) is 0 Å². The lowest BCUT2D eigenvalue weighted by atomic mass is 10.2. The van der Waals surface area contributed by atoms with Gasteiger partial charge in [-0.25, -0.2) is 4.98 Å². The average molecular weight is 493 g/mol. The number of amides is 1. The molecule has 8 nitrogen and oxygen atoms in total. The minimum Gasteiger partial charge on any atom is -0.497 e. The molecule has 0 aliphatic heterocycles. The molecule has 1 amide bonds. The molecule has 0 bridgehead atoms. The molecule has 3 aromatic carbocycles. The molecule has 4 rings (SSSR count). The third kappa shape index (κ3) is 5.77. The fraction of sp³-hybridized carbons (Fsp3) is 0.125. The van der Waals surface area contributed by atoms with Crippen LogP contribution >= 0.6 is 23.1 Å². The Morgan fingerprint density at radius 3 is 2.65 bits per heavy atom. The summed E-state index contributed by atoms with van der Waals surface area (Å²) in [5, 5.41) is 17.0. The number of carbonyl (C=O) groups excluding carboxylic acids is 1. The highest BCUT2D eigenvalue weighted by atomic mass is 32.2. The number of nitro benzene ring substituents is 1. The smallest absolute Gasteiger partial charge is 0.269 e. The van der Waals surface area contributed by atoms with Gasteiger partial charge in [0, 0.05) is 29.2 Å². The number of anilines is 1. The van der Waals surface area contributed by atoms with Crippen molar-refractivity contribution >= 4 is 56.3 Å². The lowest BCUT2D eigenvalue weighted by Gasteiger charge is -2.13. The molecule has 0 aliphatic carbocycles. The number of hydrogen-bond donors (Lipinski definition) is 0. The highest BCUT2D eigenvalue weighted by molar-refractivity contribution is 7.99. The number of nitro groups is 1. The van der Waals surface area contributed by atoms with Crippen LogP contribution in [0.25, 0.3) is 10.2 Å². The van der Waals surface area contributed by atoms with E-state index in [9.17, 15) is 14.9 Å². The van der Waals surface area contributed by atoms with Crippen molar-refractivity contribution in [3.05, 3.63) is 88.5 Å². The van der Waals surface area contributed by atoms with E-state index in [0.717, 1.165) is 15.1 Å². The minimum atomic E-state index is -0.462. The number of rotatable bonds is 9. The molecular weight excluding hydrogens is 472 g/mol. The molecule has 1 aromatic heterocycles. The van der Waals surface area contributed by atoms with E-state index in [1.807, 2.05) is 48.5 Å². The van der Waals surface area contributed by atoms with E-state index >= 15 is 0 Å². The van der Waals surface area contributed by atoms with Gasteiger partial charge in [-0.1, -0.05) is 29.5 Å². The predicted molar refractivity (Wildman–Crippen MR) is 136 cm³/mol. The maximum Gasteiger partial charge on any atom is 0.269 e. The Labute approximate surface area is 204 Å². The van der Waals surface area contributed by atoms with Gasteiger partial charge in [0.25, 0.3) is 5.69 Å². The van der Waals surface area contributed by atoms with Crippen LogP contribution in [0.1, 0.15) is 12.0 Å². The number of nitrogens with zero attached hydrogens (tertiary/aromatic N) is 4. The molecule has 0 atom stereocenters. The summed E-state index contributed by atoms with van der Waals surface area (Å²) in [4.78, 5) is 29.2. The van der Waals surface area contributed by atoms with Crippen LogP contribution in [0.2, 0.25) is 0 Å². The monoisotopic (exact) mass is 492 g/mol. The molecule has 34 heavy (non-hydrogen) atoms. The predicted octanol–water partition coefficient (Wildman–Crippen LogP) is 5.76. The van der Waals surface area contributed by atoms with Crippen molar-refractivity contribution in [2.24, 2.45) is 5.10 Å². The average Bonchev–Trinajstić information content (AvgIpc) is 3.28. The van der Waals surface area contributed by atoms with Gasteiger partial charge in [0.05, 0.1) is 28.5 Å². The fourth-order valence-electron chi connectivity index (χ4n) is 3.02. The number of fused-ring (bicyclic) bond motifs is 1. The Bertz CT molecular complexity index is 1320. The number of benzene rings is 3. The summed E-state index contributed by atoms with van der Waals surface area (Å²) in [5.41, 5.74) is 1.36. The summed E-state index contributed by atoms with van der Waals surface area (Å²) < 4.78 is 6.16. The second-order valence-corrected chi connectivity index (χ2v) is 9.22. The van der Waals surface area contributed by atoms with Gasteiger partial charge < -0.3 is 4.74 Å². The van der Waals surface area contributed by atoms with Crippen LogP contribution in [0.5, 0.6) is 5.75 Å². The number of thioether (sulfide) groups is 1. The van der Waals surface area contributed by atoms with E-state index in [-0.39, 0.29) is 18.0 Å². The first-order valence-corrected chi connectivity index (χ1v) is 12.1. The van der Waals surface area contributed by atoms with Crippen LogP contribution < -0.4 is 9.75 Å². The quantitative estimate of drug-likeness (QED) is 0.127. The van der Waals surface area contributed by atoms with Crippen molar-refractivity contribution in [3.8, 4) is 5.75 Å².